The van der Waals surface area contributed by atoms with Gasteiger partial charge in [-0.25, -0.2) is 4.79 Å². The summed E-state index contributed by atoms with van der Waals surface area (Å²) in [6, 6.07) is 15.0. The molecule has 2 aromatic carbocycles. The number of esters is 1. The number of nitriles is 1. The summed E-state index contributed by atoms with van der Waals surface area (Å²) in [5, 5.41) is 14.7. The molecule has 2 rings (SSSR count). The van der Waals surface area contributed by atoms with E-state index in [0.29, 0.717) is 22.7 Å². The molecule has 2 aromatic rings. The number of amides is 1. The molecule has 0 aromatic heterocycles. The Labute approximate surface area is 150 Å². The SMILES string of the molecule is COC(=O)c1ccc(N/C=C(/C#N)C(=O)Nc2ccc(OC)cc2)cc1. The van der Waals surface area contributed by atoms with E-state index in [9.17, 15) is 14.9 Å². The Hall–Kier alpha value is -3.79. The molecule has 0 aliphatic carbocycles. The van der Waals surface area contributed by atoms with Crippen molar-refractivity contribution in [2.24, 2.45) is 0 Å². The molecule has 0 aliphatic heterocycles. The topological polar surface area (TPSA) is 100 Å². The highest BCUT2D eigenvalue weighted by Crippen LogP contribution is 2.16. The minimum absolute atomic E-state index is 0.0992. The minimum Gasteiger partial charge on any atom is -0.497 e. The maximum Gasteiger partial charge on any atom is 0.337 e. The first-order valence-electron chi connectivity index (χ1n) is 7.58. The van der Waals surface area contributed by atoms with E-state index >= 15 is 0 Å². The fraction of sp³-hybridized carbons (Fsp3) is 0.105. The van der Waals surface area contributed by atoms with Gasteiger partial charge in [-0.05, 0) is 48.5 Å². The number of rotatable bonds is 6. The van der Waals surface area contributed by atoms with E-state index in [1.165, 1.54) is 13.3 Å². The van der Waals surface area contributed by atoms with Crippen LogP contribution in [0.4, 0.5) is 11.4 Å². The quantitative estimate of drug-likeness (QED) is 0.471. The van der Waals surface area contributed by atoms with Gasteiger partial charge >= 0.3 is 5.97 Å². The molecule has 0 spiro atoms. The Morgan fingerprint density at radius 3 is 2.15 bits per heavy atom. The van der Waals surface area contributed by atoms with Crippen LogP contribution in [-0.4, -0.2) is 26.1 Å². The maximum atomic E-state index is 12.2. The number of ether oxygens (including phenoxy) is 2. The number of anilines is 2. The van der Waals surface area contributed by atoms with Gasteiger partial charge in [0.2, 0.25) is 0 Å². The van der Waals surface area contributed by atoms with Crippen molar-refractivity contribution in [3.05, 3.63) is 65.9 Å². The lowest BCUT2D eigenvalue weighted by molar-refractivity contribution is -0.112. The summed E-state index contributed by atoms with van der Waals surface area (Å²) in [4.78, 5) is 23.5. The van der Waals surface area contributed by atoms with Crippen LogP contribution in [0.15, 0.2) is 60.3 Å². The fourth-order valence-electron chi connectivity index (χ4n) is 2.00. The number of nitrogens with one attached hydrogen (secondary N) is 2. The third-order valence-electron chi connectivity index (χ3n) is 3.40. The Bertz CT molecular complexity index is 850. The van der Waals surface area contributed by atoms with Crippen LogP contribution in [0.3, 0.4) is 0 Å². The summed E-state index contributed by atoms with van der Waals surface area (Å²) in [7, 11) is 2.85. The zero-order valence-corrected chi connectivity index (χ0v) is 14.3. The van der Waals surface area contributed by atoms with E-state index in [0.717, 1.165) is 0 Å². The first-order chi connectivity index (χ1) is 12.6. The van der Waals surface area contributed by atoms with E-state index < -0.39 is 11.9 Å². The number of carbonyl (C=O) groups excluding carboxylic acids is 2. The molecule has 1 amide bonds. The van der Waals surface area contributed by atoms with E-state index in [1.54, 1.807) is 55.6 Å². The molecule has 26 heavy (non-hydrogen) atoms. The molecule has 0 radical (unpaired) electrons. The molecule has 7 nitrogen and oxygen atoms in total. The predicted octanol–water partition coefficient (Wildman–Crippen LogP) is 2.94. The Balaban J connectivity index is 2.03. The number of carbonyl (C=O) groups is 2. The van der Waals surface area contributed by atoms with Gasteiger partial charge in [0.15, 0.2) is 0 Å². The number of nitrogens with zero attached hydrogens (tertiary/aromatic N) is 1. The van der Waals surface area contributed by atoms with Crippen LogP contribution in [0, 0.1) is 11.3 Å². The van der Waals surface area contributed by atoms with E-state index in [1.807, 2.05) is 6.07 Å². The summed E-state index contributed by atoms with van der Waals surface area (Å²) in [6.45, 7) is 0. The van der Waals surface area contributed by atoms with Crippen molar-refractivity contribution in [2.75, 3.05) is 24.9 Å². The average Bonchev–Trinajstić information content (AvgIpc) is 2.69. The average molecular weight is 351 g/mol. The zero-order valence-electron chi connectivity index (χ0n) is 14.3. The van der Waals surface area contributed by atoms with Crippen LogP contribution >= 0.6 is 0 Å². The van der Waals surface area contributed by atoms with Gasteiger partial charge in [-0.1, -0.05) is 0 Å². The van der Waals surface area contributed by atoms with Crippen molar-refractivity contribution in [1.29, 1.82) is 5.26 Å². The zero-order chi connectivity index (χ0) is 18.9. The van der Waals surface area contributed by atoms with Crippen LogP contribution in [0.1, 0.15) is 10.4 Å². The van der Waals surface area contributed by atoms with Gasteiger partial charge < -0.3 is 20.1 Å². The first-order valence-corrected chi connectivity index (χ1v) is 7.58. The van der Waals surface area contributed by atoms with Gasteiger partial charge in [0.05, 0.1) is 19.8 Å². The lowest BCUT2D eigenvalue weighted by atomic mass is 10.2. The molecule has 7 heteroatoms. The van der Waals surface area contributed by atoms with Gasteiger partial charge in [-0.15, -0.1) is 0 Å². The molecule has 132 valence electrons. The van der Waals surface area contributed by atoms with Crippen molar-refractivity contribution in [2.45, 2.75) is 0 Å². The molecule has 0 unspecified atom stereocenters. The Morgan fingerprint density at radius 1 is 1.00 bits per heavy atom. The van der Waals surface area contributed by atoms with E-state index in [2.05, 4.69) is 15.4 Å². The van der Waals surface area contributed by atoms with Gasteiger partial charge in [0.25, 0.3) is 5.91 Å². The highest BCUT2D eigenvalue weighted by atomic mass is 16.5. The number of benzene rings is 2. The molecule has 0 saturated heterocycles. The van der Waals surface area contributed by atoms with Crippen LogP contribution in [0.25, 0.3) is 0 Å². The molecular formula is C19H17N3O4. The lowest BCUT2D eigenvalue weighted by Crippen LogP contribution is -2.14. The molecule has 0 fully saturated rings. The van der Waals surface area contributed by atoms with Crippen LogP contribution in [0.5, 0.6) is 5.75 Å². The second-order valence-electron chi connectivity index (χ2n) is 5.07. The van der Waals surface area contributed by atoms with E-state index in [4.69, 9.17) is 4.74 Å². The van der Waals surface area contributed by atoms with Crippen molar-refractivity contribution < 1.29 is 19.1 Å². The first kappa shape index (κ1) is 18.5. The smallest absolute Gasteiger partial charge is 0.337 e. The molecule has 0 bridgehead atoms. The second-order valence-corrected chi connectivity index (χ2v) is 5.07. The Kier molecular flexibility index (Phi) is 6.34. The van der Waals surface area contributed by atoms with Crippen LogP contribution < -0.4 is 15.4 Å². The van der Waals surface area contributed by atoms with Crippen molar-refractivity contribution >= 4 is 23.3 Å². The minimum atomic E-state index is -0.545. The second kappa shape index (κ2) is 8.89. The number of methoxy groups -OCH3 is 2. The molecular weight excluding hydrogens is 334 g/mol. The Morgan fingerprint density at radius 2 is 1.62 bits per heavy atom. The molecule has 0 saturated carbocycles. The summed E-state index contributed by atoms with van der Waals surface area (Å²) < 4.78 is 9.66. The third kappa shape index (κ3) is 4.85. The standard InChI is InChI=1S/C19H17N3O4/c1-25-17-9-7-16(8-10-17)22-18(23)14(11-20)12-21-15-5-3-13(4-6-15)19(24)26-2/h3-10,12,21H,1-2H3,(H,22,23)/b14-12-. The summed E-state index contributed by atoms with van der Waals surface area (Å²) in [6.07, 6.45) is 1.30. The molecule has 0 heterocycles. The molecule has 2 N–H and O–H groups in total. The highest BCUT2D eigenvalue weighted by molar-refractivity contribution is 6.06. The third-order valence-corrected chi connectivity index (χ3v) is 3.40. The molecule has 0 aliphatic rings. The summed E-state index contributed by atoms with van der Waals surface area (Å²) >= 11 is 0. The van der Waals surface area contributed by atoms with Crippen LogP contribution in [-0.2, 0) is 9.53 Å². The van der Waals surface area contributed by atoms with Crippen molar-refractivity contribution in [1.82, 2.24) is 0 Å². The maximum absolute atomic E-state index is 12.2. The number of hydrogen-bond acceptors (Lipinski definition) is 6. The normalized spacial score (nSPS) is 10.4. The van der Waals surface area contributed by atoms with Gasteiger partial charge in [-0.3, -0.25) is 4.79 Å². The van der Waals surface area contributed by atoms with E-state index in [-0.39, 0.29) is 5.57 Å². The van der Waals surface area contributed by atoms with Gasteiger partial charge in [-0.2, -0.15) is 5.26 Å². The predicted molar refractivity (Wildman–Crippen MR) is 96.7 cm³/mol. The fourth-order valence-corrected chi connectivity index (χ4v) is 2.00. The monoisotopic (exact) mass is 351 g/mol. The summed E-state index contributed by atoms with van der Waals surface area (Å²) in [5.74, 6) is -0.323. The summed E-state index contributed by atoms with van der Waals surface area (Å²) in [5.41, 5.74) is 1.46. The van der Waals surface area contributed by atoms with Crippen molar-refractivity contribution in [3.63, 3.8) is 0 Å². The lowest BCUT2D eigenvalue weighted by Gasteiger charge is -2.06. The molecule has 0 atom stereocenters. The van der Waals surface area contributed by atoms with Gasteiger partial charge in [0.1, 0.15) is 17.4 Å². The van der Waals surface area contributed by atoms with Gasteiger partial charge in [0, 0.05) is 17.6 Å². The van der Waals surface area contributed by atoms with Crippen LogP contribution in [0.2, 0.25) is 0 Å². The highest BCUT2D eigenvalue weighted by Gasteiger charge is 2.10. The largest absolute Gasteiger partial charge is 0.497 e. The van der Waals surface area contributed by atoms with Crippen molar-refractivity contribution in [3.8, 4) is 11.8 Å². The number of hydrogen-bond donors (Lipinski definition) is 2.